The van der Waals surface area contributed by atoms with E-state index in [0.717, 1.165) is 35.3 Å². The number of hydrogen-bond donors (Lipinski definition) is 7. The largest absolute Gasteiger partial charge is 0.387 e. The molecule has 49 heavy (non-hydrogen) atoms. The number of nitrogens with two attached hydrogens (primary N) is 2. The lowest BCUT2D eigenvalue weighted by Crippen LogP contribution is -2.61. The molecule has 15 nitrogen and oxygen atoms in total. The van der Waals surface area contributed by atoms with Gasteiger partial charge in [0.1, 0.15) is 18.0 Å². The van der Waals surface area contributed by atoms with Crippen LogP contribution in [0.25, 0.3) is 11.4 Å². The van der Waals surface area contributed by atoms with Crippen LogP contribution in [0.3, 0.4) is 0 Å². The summed E-state index contributed by atoms with van der Waals surface area (Å²) in [5.74, 6) is -1.38. The Morgan fingerprint density at radius 3 is 2.39 bits per heavy atom. The first-order chi connectivity index (χ1) is 23.3. The number of carbonyl (C=O) groups is 2. The maximum absolute atomic E-state index is 11.7. The van der Waals surface area contributed by atoms with Crippen molar-refractivity contribution in [3.8, 4) is 11.4 Å². The molecule has 0 aliphatic carbocycles. The third-order valence-corrected chi connectivity index (χ3v) is 8.84. The number of hydrogen-bond acceptors (Lipinski definition) is 12. The van der Waals surface area contributed by atoms with E-state index in [9.17, 15) is 30.0 Å². The highest BCUT2D eigenvalue weighted by atomic mass is 35.5. The molecular weight excluding hydrogens is 683 g/mol. The van der Waals surface area contributed by atoms with Crippen molar-refractivity contribution in [2.45, 2.75) is 49.2 Å². The first kappa shape index (κ1) is 38.6. The molecule has 0 bridgehead atoms. The Labute approximate surface area is 293 Å². The van der Waals surface area contributed by atoms with Crippen LogP contribution in [0.2, 0.25) is 10.0 Å². The van der Waals surface area contributed by atoms with E-state index in [1.807, 2.05) is 18.2 Å². The summed E-state index contributed by atoms with van der Waals surface area (Å²) in [6, 6.07) is 11.9. The fourth-order valence-electron chi connectivity index (χ4n) is 5.54. The predicted octanol–water partition coefficient (Wildman–Crippen LogP) is 0.123. The molecule has 0 fully saturated rings. The van der Waals surface area contributed by atoms with Gasteiger partial charge in [-0.05, 0) is 41.9 Å². The van der Waals surface area contributed by atoms with Crippen molar-refractivity contribution in [3.05, 3.63) is 69.0 Å². The summed E-state index contributed by atoms with van der Waals surface area (Å²) in [4.78, 5) is 29.6. The molecule has 9 N–H and O–H groups in total. The van der Waals surface area contributed by atoms with Crippen molar-refractivity contribution >= 4 is 35.0 Å². The molecule has 1 aliphatic heterocycles. The number of aliphatic hydroxyl groups excluding tert-OH is 3. The maximum atomic E-state index is 11.7. The van der Waals surface area contributed by atoms with E-state index in [1.54, 1.807) is 6.07 Å². The molecule has 0 spiro atoms. The van der Waals surface area contributed by atoms with Crippen LogP contribution in [0.4, 0.5) is 0 Å². The van der Waals surface area contributed by atoms with Gasteiger partial charge in [0, 0.05) is 47.5 Å². The fraction of sp³-hybridized carbons (Fsp3) is 0.500. The van der Waals surface area contributed by atoms with Crippen molar-refractivity contribution in [3.63, 3.8) is 0 Å². The smallest absolute Gasteiger partial charge is 0.252 e. The number of carbonyl (C=O) groups excluding carboxylic acids is 2. The molecule has 4 rings (SSSR count). The second-order valence-electron chi connectivity index (χ2n) is 11.8. The number of amides is 2. The van der Waals surface area contributed by atoms with Crippen molar-refractivity contribution in [1.29, 1.82) is 0 Å². The van der Waals surface area contributed by atoms with E-state index < -0.39 is 42.1 Å². The number of fused-ring (bicyclic) bond motifs is 1. The Bertz CT molecular complexity index is 1580. The Hall–Kier alpha value is -3.22. The van der Waals surface area contributed by atoms with Crippen LogP contribution in [0, 0.1) is 0 Å². The van der Waals surface area contributed by atoms with Gasteiger partial charge < -0.3 is 51.0 Å². The lowest BCUT2D eigenvalue weighted by atomic mass is 9.84. The molecular formula is C32H42Cl2N6O9. The zero-order valence-electron chi connectivity index (χ0n) is 26.9. The quantitative estimate of drug-likeness (QED) is 0.0816. The summed E-state index contributed by atoms with van der Waals surface area (Å²) in [5.41, 5.74) is 11.6. The van der Waals surface area contributed by atoms with Crippen molar-refractivity contribution < 1.29 is 44.2 Å². The van der Waals surface area contributed by atoms with Crippen LogP contribution >= 0.6 is 23.2 Å². The van der Waals surface area contributed by atoms with E-state index in [0.29, 0.717) is 41.3 Å². The number of H-pyrrole nitrogens is 1. The van der Waals surface area contributed by atoms with Gasteiger partial charge in [0.05, 0.1) is 39.6 Å². The molecule has 0 saturated carbocycles. The van der Waals surface area contributed by atoms with Crippen LogP contribution in [-0.4, -0.2) is 129 Å². The molecule has 3 aromatic rings. The van der Waals surface area contributed by atoms with Gasteiger partial charge in [0.15, 0.2) is 17.5 Å². The average Bonchev–Trinajstić information content (AvgIpc) is 3.55. The Balaban J connectivity index is 1.15. The van der Waals surface area contributed by atoms with Crippen molar-refractivity contribution in [2.24, 2.45) is 11.5 Å². The van der Waals surface area contributed by atoms with Gasteiger partial charge in [0.2, 0.25) is 5.91 Å². The van der Waals surface area contributed by atoms with Crippen LogP contribution in [0.15, 0.2) is 36.4 Å². The SMILES string of the molecule is CN1Cc2c(Cl)cc(Cl)cc2[C@H](c2cccc(-c3n[nH]c(CCOCCOCCOCCC(O)(C(N)=O)C(O)C(O)C(O)C(N)=O)n3)c2)C1. The number of aliphatic hydroxyl groups is 4. The summed E-state index contributed by atoms with van der Waals surface area (Å²) in [5, 5.41) is 48.6. The molecule has 1 aromatic heterocycles. The number of halogens is 2. The average molecular weight is 726 g/mol. The number of ether oxygens (including phenoxy) is 3. The predicted molar refractivity (Wildman–Crippen MR) is 179 cm³/mol. The summed E-state index contributed by atoms with van der Waals surface area (Å²) in [6.07, 6.45) is -6.76. The molecule has 2 aromatic carbocycles. The number of aromatic nitrogens is 3. The van der Waals surface area contributed by atoms with Crippen molar-refractivity contribution in [2.75, 3.05) is 53.2 Å². The summed E-state index contributed by atoms with van der Waals surface area (Å²) >= 11 is 12.9. The van der Waals surface area contributed by atoms with E-state index in [1.165, 1.54) is 0 Å². The van der Waals surface area contributed by atoms with Gasteiger partial charge in [0.25, 0.3) is 5.91 Å². The number of benzene rings is 2. The monoisotopic (exact) mass is 724 g/mol. The van der Waals surface area contributed by atoms with E-state index >= 15 is 0 Å². The molecule has 2 amide bonds. The Morgan fingerprint density at radius 2 is 1.71 bits per heavy atom. The zero-order chi connectivity index (χ0) is 35.7. The standard InChI is InChI=1S/C32H42Cl2N6O9/c1-40-16-22(21-14-20(33)15-24(34)23(21)17-40)18-3-2-4-19(13-18)30-37-25(38-39-30)5-7-47-9-11-49-12-10-48-8-6-32(46,31(36)45)28(43)26(41)27(42)29(35)44/h2-4,13-15,22,26-28,41-43,46H,5-12,16-17H2,1H3,(H2,35,44)(H2,36,45)(H,37,38,39)/t22-,26?,27?,28?,32?/m0/s1. The summed E-state index contributed by atoms with van der Waals surface area (Å²) in [7, 11) is 2.07. The molecule has 268 valence electrons. The lowest BCUT2D eigenvalue weighted by Gasteiger charge is -2.33. The molecule has 0 radical (unpaired) electrons. The van der Waals surface area contributed by atoms with Crippen molar-refractivity contribution in [1.82, 2.24) is 20.1 Å². The van der Waals surface area contributed by atoms with Gasteiger partial charge in [-0.25, -0.2) is 4.98 Å². The first-order valence-electron chi connectivity index (χ1n) is 15.6. The molecule has 0 saturated heterocycles. The number of nitrogens with one attached hydrogen (secondary N) is 1. The third kappa shape index (κ3) is 9.94. The van der Waals surface area contributed by atoms with E-state index in [2.05, 4.69) is 39.3 Å². The van der Waals surface area contributed by atoms with E-state index in [-0.39, 0.29) is 32.3 Å². The minimum atomic E-state index is -2.68. The van der Waals surface area contributed by atoms with E-state index in [4.69, 9.17) is 48.9 Å². The van der Waals surface area contributed by atoms with Crippen LogP contribution in [-0.2, 0) is 36.8 Å². The Kier molecular flexibility index (Phi) is 13.9. The number of nitrogens with zero attached hydrogens (tertiary/aromatic N) is 3. The van der Waals surface area contributed by atoms with Gasteiger partial charge in [-0.15, -0.1) is 0 Å². The van der Waals surface area contributed by atoms with Gasteiger partial charge in [-0.3, -0.25) is 14.7 Å². The van der Waals surface area contributed by atoms with Crippen LogP contribution < -0.4 is 11.5 Å². The summed E-state index contributed by atoms with van der Waals surface area (Å²) in [6.45, 7) is 2.53. The maximum Gasteiger partial charge on any atom is 0.252 e. The van der Waals surface area contributed by atoms with Gasteiger partial charge >= 0.3 is 0 Å². The second-order valence-corrected chi connectivity index (χ2v) is 12.7. The minimum absolute atomic E-state index is 0.0743. The minimum Gasteiger partial charge on any atom is -0.387 e. The highest BCUT2D eigenvalue weighted by Gasteiger charge is 2.48. The molecule has 17 heteroatoms. The fourth-order valence-corrected chi connectivity index (χ4v) is 6.11. The highest BCUT2D eigenvalue weighted by Crippen LogP contribution is 2.39. The van der Waals surface area contributed by atoms with Crippen LogP contribution in [0.1, 0.15) is 34.9 Å². The first-order valence-corrected chi connectivity index (χ1v) is 16.3. The summed E-state index contributed by atoms with van der Waals surface area (Å²) < 4.78 is 16.4. The highest BCUT2D eigenvalue weighted by molar-refractivity contribution is 6.35. The Morgan fingerprint density at radius 1 is 1.04 bits per heavy atom. The number of primary amides is 2. The topological polar surface area (TPSA) is 240 Å². The zero-order valence-corrected chi connectivity index (χ0v) is 28.4. The number of likely N-dealkylation sites (N-methyl/N-ethyl adjacent to an activating group) is 1. The normalized spacial score (nSPS) is 18.0. The molecule has 2 heterocycles. The van der Waals surface area contributed by atoms with Gasteiger partial charge in [-0.1, -0.05) is 41.4 Å². The molecule has 4 unspecified atom stereocenters. The number of aromatic amines is 1. The van der Waals surface area contributed by atoms with Crippen LogP contribution in [0.5, 0.6) is 0 Å². The second kappa shape index (κ2) is 17.6. The molecule has 5 atom stereocenters. The number of rotatable bonds is 19. The molecule has 1 aliphatic rings. The lowest BCUT2D eigenvalue weighted by molar-refractivity contribution is -0.178. The van der Waals surface area contributed by atoms with Gasteiger partial charge in [-0.2, -0.15) is 5.10 Å². The third-order valence-electron chi connectivity index (χ3n) is 8.28.